The molecule has 6 nitrogen and oxygen atoms in total. The summed E-state index contributed by atoms with van der Waals surface area (Å²) in [4.78, 5) is 26.8. The number of nitrogens with zero attached hydrogens (tertiary/aromatic N) is 1. The highest BCUT2D eigenvalue weighted by atomic mass is 16.5. The molecule has 0 bridgehead atoms. The van der Waals surface area contributed by atoms with Gasteiger partial charge in [0.05, 0.1) is 7.11 Å². The number of ether oxygens (including phenoxy) is 1. The summed E-state index contributed by atoms with van der Waals surface area (Å²) in [7, 11) is 1.56. The molecule has 144 valence electrons. The van der Waals surface area contributed by atoms with Crippen LogP contribution in [0.3, 0.4) is 0 Å². The fourth-order valence-corrected chi connectivity index (χ4v) is 2.64. The van der Waals surface area contributed by atoms with Gasteiger partial charge in [-0.15, -0.1) is 0 Å². The minimum Gasteiger partial charge on any atom is -0.497 e. The van der Waals surface area contributed by atoms with Gasteiger partial charge in [0.15, 0.2) is 0 Å². The number of hydrogen-bond acceptors (Lipinski definition) is 4. The highest BCUT2D eigenvalue weighted by molar-refractivity contribution is 6.04. The first-order valence-corrected chi connectivity index (χ1v) is 9.13. The van der Waals surface area contributed by atoms with Crippen molar-refractivity contribution in [3.8, 4) is 5.75 Å². The predicted octanol–water partition coefficient (Wildman–Crippen LogP) is 3.02. The molecule has 2 aromatic carbocycles. The summed E-state index contributed by atoms with van der Waals surface area (Å²) in [6.45, 7) is 7.57. The largest absolute Gasteiger partial charge is 0.497 e. The first-order valence-electron chi connectivity index (χ1n) is 9.13. The van der Waals surface area contributed by atoms with Crippen molar-refractivity contribution < 1.29 is 14.3 Å². The third kappa shape index (κ3) is 6.11. The molecule has 0 aliphatic carbocycles. The van der Waals surface area contributed by atoms with Crippen LogP contribution < -0.4 is 15.4 Å². The Morgan fingerprint density at radius 1 is 0.963 bits per heavy atom. The zero-order valence-corrected chi connectivity index (χ0v) is 16.1. The summed E-state index contributed by atoms with van der Waals surface area (Å²) in [6, 6.07) is 13.8. The number of nitrogens with one attached hydrogen (secondary N) is 2. The Morgan fingerprint density at radius 3 is 2.30 bits per heavy atom. The lowest BCUT2D eigenvalue weighted by Gasteiger charge is -2.18. The molecule has 2 aromatic rings. The van der Waals surface area contributed by atoms with Gasteiger partial charge in [-0.25, -0.2) is 0 Å². The van der Waals surface area contributed by atoms with E-state index in [0.29, 0.717) is 29.1 Å². The lowest BCUT2D eigenvalue weighted by Crippen LogP contribution is -2.34. The Hall–Kier alpha value is -2.86. The lowest BCUT2D eigenvalue weighted by atomic mass is 10.1. The standard InChI is InChI=1S/C21H27N3O3/c1-4-24(5-2)14-13-22-20(25)16-9-11-18(12-10-16)23-21(26)17-7-6-8-19(15-17)27-3/h6-12,15H,4-5,13-14H2,1-3H3,(H,22,25)(H,23,26). The second kappa shape index (κ2) is 10.3. The van der Waals surface area contributed by atoms with E-state index < -0.39 is 0 Å². The van der Waals surface area contributed by atoms with Crippen LogP contribution in [0, 0.1) is 0 Å². The van der Waals surface area contributed by atoms with Gasteiger partial charge in [-0.1, -0.05) is 19.9 Å². The Labute approximate surface area is 160 Å². The van der Waals surface area contributed by atoms with Crippen LogP contribution in [0.4, 0.5) is 5.69 Å². The number of rotatable bonds is 9. The minimum absolute atomic E-state index is 0.118. The van der Waals surface area contributed by atoms with E-state index in [9.17, 15) is 9.59 Å². The molecular weight excluding hydrogens is 342 g/mol. The smallest absolute Gasteiger partial charge is 0.255 e. The molecule has 27 heavy (non-hydrogen) atoms. The molecule has 0 spiro atoms. The molecule has 2 N–H and O–H groups in total. The van der Waals surface area contributed by atoms with E-state index in [-0.39, 0.29) is 11.8 Å². The van der Waals surface area contributed by atoms with Crippen molar-refractivity contribution in [1.29, 1.82) is 0 Å². The average molecular weight is 369 g/mol. The number of amides is 2. The zero-order valence-electron chi connectivity index (χ0n) is 16.1. The van der Waals surface area contributed by atoms with Crippen molar-refractivity contribution in [2.75, 3.05) is 38.6 Å². The van der Waals surface area contributed by atoms with Crippen LogP contribution in [-0.4, -0.2) is 50.0 Å². The van der Waals surface area contributed by atoms with Crippen LogP contribution in [0.15, 0.2) is 48.5 Å². The van der Waals surface area contributed by atoms with Crippen molar-refractivity contribution in [3.63, 3.8) is 0 Å². The molecule has 0 aliphatic heterocycles. The molecule has 0 unspecified atom stereocenters. The number of methoxy groups -OCH3 is 1. The van der Waals surface area contributed by atoms with Crippen LogP contribution in [-0.2, 0) is 0 Å². The maximum Gasteiger partial charge on any atom is 0.255 e. The van der Waals surface area contributed by atoms with E-state index in [0.717, 1.165) is 19.6 Å². The first-order chi connectivity index (χ1) is 13.1. The molecule has 0 saturated carbocycles. The summed E-state index contributed by atoms with van der Waals surface area (Å²) in [5, 5.41) is 5.73. The van der Waals surface area contributed by atoms with Gasteiger partial charge in [0.1, 0.15) is 5.75 Å². The Balaban J connectivity index is 1.90. The van der Waals surface area contributed by atoms with E-state index in [4.69, 9.17) is 4.74 Å². The summed E-state index contributed by atoms with van der Waals surface area (Å²) in [5.74, 6) is 0.275. The van der Waals surface area contributed by atoms with Gasteiger partial charge in [0, 0.05) is 29.9 Å². The van der Waals surface area contributed by atoms with E-state index in [1.54, 1.807) is 55.6 Å². The molecule has 0 atom stereocenters. The van der Waals surface area contributed by atoms with Gasteiger partial charge in [0.2, 0.25) is 0 Å². The average Bonchev–Trinajstić information content (AvgIpc) is 2.71. The van der Waals surface area contributed by atoms with Crippen LogP contribution >= 0.6 is 0 Å². The van der Waals surface area contributed by atoms with Crippen molar-refractivity contribution in [3.05, 3.63) is 59.7 Å². The van der Waals surface area contributed by atoms with E-state index in [2.05, 4.69) is 29.4 Å². The van der Waals surface area contributed by atoms with Gasteiger partial charge >= 0.3 is 0 Å². The second-order valence-electron chi connectivity index (χ2n) is 6.05. The number of anilines is 1. The van der Waals surface area contributed by atoms with Crippen LogP contribution in [0.2, 0.25) is 0 Å². The lowest BCUT2D eigenvalue weighted by molar-refractivity contribution is 0.0948. The third-order valence-electron chi connectivity index (χ3n) is 4.34. The van der Waals surface area contributed by atoms with E-state index >= 15 is 0 Å². The maximum absolute atomic E-state index is 12.3. The van der Waals surface area contributed by atoms with Crippen molar-refractivity contribution in [1.82, 2.24) is 10.2 Å². The Kier molecular flexibility index (Phi) is 7.82. The monoisotopic (exact) mass is 369 g/mol. The number of hydrogen-bond donors (Lipinski definition) is 2. The summed E-state index contributed by atoms with van der Waals surface area (Å²) < 4.78 is 5.13. The van der Waals surface area contributed by atoms with E-state index in [1.165, 1.54) is 0 Å². The topological polar surface area (TPSA) is 70.7 Å². The molecule has 0 saturated heterocycles. The van der Waals surface area contributed by atoms with E-state index in [1.807, 2.05) is 0 Å². The van der Waals surface area contributed by atoms with Gasteiger partial charge < -0.3 is 20.3 Å². The van der Waals surface area contributed by atoms with Crippen molar-refractivity contribution >= 4 is 17.5 Å². The number of carbonyl (C=O) groups excluding carboxylic acids is 2. The highest BCUT2D eigenvalue weighted by Gasteiger charge is 2.09. The first kappa shape index (κ1) is 20.5. The highest BCUT2D eigenvalue weighted by Crippen LogP contribution is 2.15. The maximum atomic E-state index is 12.3. The van der Waals surface area contributed by atoms with Crippen LogP contribution in [0.1, 0.15) is 34.6 Å². The molecule has 0 aliphatic rings. The molecule has 2 amide bonds. The van der Waals surface area contributed by atoms with Gasteiger partial charge in [-0.05, 0) is 55.6 Å². The second-order valence-corrected chi connectivity index (χ2v) is 6.05. The molecule has 0 aromatic heterocycles. The van der Waals surface area contributed by atoms with Crippen molar-refractivity contribution in [2.45, 2.75) is 13.8 Å². The molecule has 0 radical (unpaired) electrons. The number of carbonyl (C=O) groups is 2. The van der Waals surface area contributed by atoms with Crippen LogP contribution in [0.25, 0.3) is 0 Å². The summed E-state index contributed by atoms with van der Waals surface area (Å²) in [5.41, 5.74) is 1.70. The quantitative estimate of drug-likeness (QED) is 0.713. The molecule has 0 heterocycles. The molecule has 2 rings (SSSR count). The third-order valence-corrected chi connectivity index (χ3v) is 4.34. The molecule has 0 fully saturated rings. The minimum atomic E-state index is -0.231. The summed E-state index contributed by atoms with van der Waals surface area (Å²) in [6.07, 6.45) is 0. The SMILES string of the molecule is CCN(CC)CCNC(=O)c1ccc(NC(=O)c2cccc(OC)c2)cc1. The number of likely N-dealkylation sites (N-methyl/N-ethyl adjacent to an activating group) is 1. The van der Waals surface area contributed by atoms with Gasteiger partial charge in [0.25, 0.3) is 11.8 Å². The Morgan fingerprint density at radius 2 is 1.67 bits per heavy atom. The predicted molar refractivity (Wildman–Crippen MR) is 108 cm³/mol. The van der Waals surface area contributed by atoms with Crippen molar-refractivity contribution in [2.24, 2.45) is 0 Å². The van der Waals surface area contributed by atoms with Crippen LogP contribution in [0.5, 0.6) is 5.75 Å². The summed E-state index contributed by atoms with van der Waals surface area (Å²) >= 11 is 0. The zero-order chi connectivity index (χ0) is 19.6. The fraction of sp³-hybridized carbons (Fsp3) is 0.333. The number of benzene rings is 2. The Bertz CT molecular complexity index is 756. The molecular formula is C21H27N3O3. The van der Waals surface area contributed by atoms with Gasteiger partial charge in [-0.3, -0.25) is 9.59 Å². The molecule has 6 heteroatoms. The fourth-order valence-electron chi connectivity index (χ4n) is 2.64. The van der Waals surface area contributed by atoms with Gasteiger partial charge in [-0.2, -0.15) is 0 Å². The normalized spacial score (nSPS) is 10.5.